The summed E-state index contributed by atoms with van der Waals surface area (Å²) in [6.07, 6.45) is -3.26. The molecule has 1 saturated heterocycles. The maximum absolute atomic E-state index is 13.2. The summed E-state index contributed by atoms with van der Waals surface area (Å²) in [5.74, 6) is -2.96. The number of halogens is 3. The van der Waals surface area contributed by atoms with E-state index in [9.17, 15) is 27.6 Å². The lowest BCUT2D eigenvalue weighted by Crippen LogP contribution is -2.48. The highest BCUT2D eigenvalue weighted by Crippen LogP contribution is 2.39. The number of rotatable bonds is 5. The topological polar surface area (TPSA) is 122 Å². The molecule has 4 rings (SSSR count). The highest BCUT2D eigenvalue weighted by molar-refractivity contribution is 6.05. The highest BCUT2D eigenvalue weighted by Gasteiger charge is 2.41. The maximum atomic E-state index is 13.2. The van der Waals surface area contributed by atoms with Crippen molar-refractivity contribution in [3.8, 4) is 0 Å². The number of pyridine rings is 2. The summed E-state index contributed by atoms with van der Waals surface area (Å²) in [4.78, 5) is 48.8. The number of hydrogen-bond acceptors (Lipinski definition) is 6. The molecule has 4 heterocycles. The number of Topliss-reactive ketones (excluding diaryl/α,β-unsaturated/α-hetero) is 1. The van der Waals surface area contributed by atoms with Crippen LogP contribution < -0.4 is 20.9 Å². The number of hydrogen-bond donors (Lipinski definition) is 2. The molecule has 0 aliphatic carbocycles. The van der Waals surface area contributed by atoms with Crippen LogP contribution in [0.3, 0.4) is 0 Å². The zero-order valence-corrected chi connectivity index (χ0v) is 17.6. The molecular formula is C21H21F3N6O3. The molecule has 0 saturated carbocycles. The van der Waals surface area contributed by atoms with Crippen molar-refractivity contribution < 1.29 is 27.6 Å². The lowest BCUT2D eigenvalue weighted by Gasteiger charge is -2.35. The molecule has 3 amide bonds. The molecule has 2 aliphatic rings. The van der Waals surface area contributed by atoms with Crippen molar-refractivity contribution in [3.63, 3.8) is 0 Å². The van der Waals surface area contributed by atoms with Gasteiger partial charge in [0, 0.05) is 31.3 Å². The smallest absolute Gasteiger partial charge is 0.366 e. The second-order valence-corrected chi connectivity index (χ2v) is 8.09. The van der Waals surface area contributed by atoms with Gasteiger partial charge < -0.3 is 10.6 Å². The molecule has 9 nitrogen and oxygen atoms in total. The molecule has 2 aromatic rings. The Morgan fingerprint density at radius 2 is 2.03 bits per heavy atom. The molecule has 2 bridgehead atoms. The zero-order chi connectivity index (χ0) is 23.9. The van der Waals surface area contributed by atoms with Crippen molar-refractivity contribution in [2.24, 2.45) is 11.7 Å². The number of nitrogens with zero attached hydrogens (tertiary/aromatic N) is 4. The second-order valence-electron chi connectivity index (χ2n) is 8.09. The molecule has 33 heavy (non-hydrogen) atoms. The molecule has 0 unspecified atom stereocenters. The number of aromatic nitrogens is 2. The van der Waals surface area contributed by atoms with E-state index in [2.05, 4.69) is 15.3 Å². The van der Waals surface area contributed by atoms with Crippen molar-refractivity contribution in [1.29, 1.82) is 0 Å². The summed E-state index contributed by atoms with van der Waals surface area (Å²) in [7, 11) is 0. The van der Waals surface area contributed by atoms with Crippen LogP contribution in [0, 0.1) is 5.92 Å². The Labute approximate surface area is 186 Å². The molecule has 2 atom stereocenters. The van der Waals surface area contributed by atoms with Crippen LogP contribution >= 0.6 is 0 Å². The van der Waals surface area contributed by atoms with E-state index in [1.165, 1.54) is 29.3 Å². The average molecular weight is 462 g/mol. The van der Waals surface area contributed by atoms with E-state index in [-0.39, 0.29) is 28.9 Å². The first-order valence-electron chi connectivity index (χ1n) is 10.3. The standard InChI is InChI=1S/C21H21F3N6O3/c1-11(21(22,23)24)8-16(31)14-2-3-15-19(27-14)30(13-5-7-29(15)10-13)20(33)28-17-9-12(18(25)32)4-6-26-17/h2-4,6,9,11,13H,5,7-8,10H2,1H3,(H2,25,32)(H,26,28,33)/t11-,13-/m0/s1. The minimum absolute atomic E-state index is 0.101. The van der Waals surface area contributed by atoms with E-state index in [1.54, 1.807) is 6.07 Å². The van der Waals surface area contributed by atoms with Gasteiger partial charge in [-0.1, -0.05) is 6.92 Å². The number of nitrogens with two attached hydrogens (primary N) is 1. The first-order chi connectivity index (χ1) is 15.5. The number of ketones is 1. The van der Waals surface area contributed by atoms with Crippen LogP contribution in [-0.2, 0) is 0 Å². The van der Waals surface area contributed by atoms with Crippen LogP contribution in [0.2, 0.25) is 0 Å². The van der Waals surface area contributed by atoms with Gasteiger partial charge in [0.05, 0.1) is 17.6 Å². The quantitative estimate of drug-likeness (QED) is 0.659. The van der Waals surface area contributed by atoms with Crippen LogP contribution in [0.4, 0.5) is 35.3 Å². The van der Waals surface area contributed by atoms with Gasteiger partial charge in [-0.25, -0.2) is 14.8 Å². The van der Waals surface area contributed by atoms with Crippen molar-refractivity contribution >= 4 is 35.0 Å². The van der Waals surface area contributed by atoms with E-state index < -0.39 is 36.2 Å². The number of nitrogens with one attached hydrogen (secondary N) is 1. The molecule has 12 heteroatoms. The molecule has 2 aliphatic heterocycles. The highest BCUT2D eigenvalue weighted by atomic mass is 19.4. The summed E-state index contributed by atoms with van der Waals surface area (Å²) in [5.41, 5.74) is 5.90. The largest absolute Gasteiger partial charge is 0.391 e. The van der Waals surface area contributed by atoms with E-state index in [4.69, 9.17) is 5.73 Å². The van der Waals surface area contributed by atoms with Crippen molar-refractivity contribution in [1.82, 2.24) is 9.97 Å². The predicted molar refractivity (Wildman–Crippen MR) is 113 cm³/mol. The fourth-order valence-corrected chi connectivity index (χ4v) is 3.95. The van der Waals surface area contributed by atoms with Gasteiger partial charge in [-0.15, -0.1) is 0 Å². The van der Waals surface area contributed by atoms with Crippen LogP contribution in [0.1, 0.15) is 40.6 Å². The van der Waals surface area contributed by atoms with Crippen LogP contribution in [-0.4, -0.2) is 53.0 Å². The number of carbonyl (C=O) groups is 3. The second kappa shape index (κ2) is 8.34. The molecule has 0 aromatic carbocycles. The molecule has 174 valence electrons. The molecule has 0 radical (unpaired) electrons. The molecule has 3 N–H and O–H groups in total. The zero-order valence-electron chi connectivity index (χ0n) is 17.6. The SMILES string of the molecule is C[C@@H](CC(=O)c1ccc2c(n1)N(C(=O)Nc1cc(C(N)=O)ccn1)[C@H]1CCN2C1)C(F)(F)F. The summed E-state index contributed by atoms with van der Waals surface area (Å²) in [6, 6.07) is 4.89. The van der Waals surface area contributed by atoms with Crippen LogP contribution in [0.25, 0.3) is 0 Å². The molecular weight excluding hydrogens is 441 g/mol. The third-order valence-corrected chi connectivity index (χ3v) is 5.79. The van der Waals surface area contributed by atoms with E-state index in [0.29, 0.717) is 25.2 Å². The first kappa shape index (κ1) is 22.5. The third kappa shape index (κ3) is 4.45. The normalized spacial score (nSPS) is 18.0. The Morgan fingerprint density at radius 1 is 1.27 bits per heavy atom. The van der Waals surface area contributed by atoms with E-state index >= 15 is 0 Å². The van der Waals surface area contributed by atoms with Crippen molar-refractivity contribution in [3.05, 3.63) is 41.7 Å². The number of fused-ring (bicyclic) bond motifs is 4. The van der Waals surface area contributed by atoms with Gasteiger partial charge in [-0.05, 0) is 30.7 Å². The lowest BCUT2D eigenvalue weighted by molar-refractivity contribution is -0.168. The fourth-order valence-electron chi connectivity index (χ4n) is 3.95. The van der Waals surface area contributed by atoms with Gasteiger partial charge in [0.15, 0.2) is 11.6 Å². The maximum Gasteiger partial charge on any atom is 0.391 e. The Hall–Kier alpha value is -3.70. The van der Waals surface area contributed by atoms with Crippen LogP contribution in [0.5, 0.6) is 0 Å². The summed E-state index contributed by atoms with van der Waals surface area (Å²) < 4.78 is 38.7. The lowest BCUT2D eigenvalue weighted by atomic mass is 10.0. The molecule has 2 aromatic heterocycles. The Kier molecular flexibility index (Phi) is 5.68. The number of urea groups is 1. The summed E-state index contributed by atoms with van der Waals surface area (Å²) in [5, 5.41) is 2.61. The number of amides is 3. The van der Waals surface area contributed by atoms with Crippen molar-refractivity contribution in [2.75, 3.05) is 28.2 Å². The van der Waals surface area contributed by atoms with E-state index in [1.807, 2.05) is 4.90 Å². The Bertz CT molecular complexity index is 1120. The van der Waals surface area contributed by atoms with Crippen molar-refractivity contribution in [2.45, 2.75) is 32.0 Å². The number of anilines is 3. The number of alkyl halides is 3. The van der Waals surface area contributed by atoms with Gasteiger partial charge in [-0.2, -0.15) is 13.2 Å². The monoisotopic (exact) mass is 462 g/mol. The Morgan fingerprint density at radius 3 is 2.73 bits per heavy atom. The fraction of sp³-hybridized carbons (Fsp3) is 0.381. The number of carbonyl (C=O) groups excluding carboxylic acids is 3. The van der Waals surface area contributed by atoms with Gasteiger partial charge in [0.2, 0.25) is 5.91 Å². The molecule has 1 fully saturated rings. The van der Waals surface area contributed by atoms with Gasteiger partial charge in [-0.3, -0.25) is 19.8 Å². The Balaban J connectivity index is 1.62. The van der Waals surface area contributed by atoms with Gasteiger partial charge in [0.1, 0.15) is 11.5 Å². The van der Waals surface area contributed by atoms with Gasteiger partial charge >= 0.3 is 12.2 Å². The molecule has 0 spiro atoms. The van der Waals surface area contributed by atoms with E-state index in [0.717, 1.165) is 6.92 Å². The minimum atomic E-state index is -4.49. The van der Waals surface area contributed by atoms with Crippen LogP contribution in [0.15, 0.2) is 30.5 Å². The summed E-state index contributed by atoms with van der Waals surface area (Å²) >= 11 is 0. The average Bonchev–Trinajstić information content (AvgIpc) is 3.17. The van der Waals surface area contributed by atoms with Gasteiger partial charge in [0.25, 0.3) is 0 Å². The minimum Gasteiger partial charge on any atom is -0.366 e. The predicted octanol–water partition coefficient (Wildman–Crippen LogP) is 2.98. The number of primary amides is 1. The summed E-state index contributed by atoms with van der Waals surface area (Å²) in [6.45, 7) is 2.15. The third-order valence-electron chi connectivity index (χ3n) is 5.79. The first-order valence-corrected chi connectivity index (χ1v) is 10.3.